The summed E-state index contributed by atoms with van der Waals surface area (Å²) in [5.74, 6) is 0.707. The Bertz CT molecular complexity index is 726. The Kier molecular flexibility index (Phi) is 5.56. The topological polar surface area (TPSA) is 44.8 Å². The van der Waals surface area contributed by atoms with Crippen LogP contribution in [-0.2, 0) is 0 Å². The number of methoxy groups -OCH3 is 1. The van der Waals surface area contributed by atoms with E-state index in [1.165, 1.54) is 0 Å². The van der Waals surface area contributed by atoms with Gasteiger partial charge in [-0.05, 0) is 31.2 Å². The lowest BCUT2D eigenvalue weighted by atomic mass is 10.1. The van der Waals surface area contributed by atoms with Gasteiger partial charge in [0.05, 0.1) is 18.4 Å². The van der Waals surface area contributed by atoms with Crippen molar-refractivity contribution < 1.29 is 9.53 Å². The first-order chi connectivity index (χ1) is 12.3. The number of benzene rings is 2. The number of anilines is 2. The summed E-state index contributed by atoms with van der Waals surface area (Å²) in [7, 11) is 1.63. The molecule has 5 heteroatoms. The quantitative estimate of drug-likeness (QED) is 0.910. The summed E-state index contributed by atoms with van der Waals surface area (Å²) in [6.45, 7) is 6.25. The highest BCUT2D eigenvalue weighted by atomic mass is 16.5. The fourth-order valence-electron chi connectivity index (χ4n) is 3.26. The first-order valence-corrected chi connectivity index (χ1v) is 8.75. The van der Waals surface area contributed by atoms with Gasteiger partial charge in [-0.3, -0.25) is 4.79 Å². The van der Waals surface area contributed by atoms with Crippen molar-refractivity contribution in [2.45, 2.75) is 6.92 Å². The molecule has 1 aliphatic rings. The molecule has 1 heterocycles. The smallest absolute Gasteiger partial charge is 0.260 e. The van der Waals surface area contributed by atoms with E-state index in [1.807, 2.05) is 55.5 Å². The third-order valence-electron chi connectivity index (χ3n) is 4.53. The van der Waals surface area contributed by atoms with Gasteiger partial charge in [-0.1, -0.05) is 24.3 Å². The fraction of sp³-hybridized carbons (Fsp3) is 0.350. The standard InChI is InChI=1S/C20H25N3O2/c1-3-23(18-10-6-7-11-19(18)25-2)20(24)16-8-4-5-9-17(16)22-14-12-21-13-15-22/h4-11,21H,3,12-15H2,1-2H3. The molecule has 132 valence electrons. The van der Waals surface area contributed by atoms with Gasteiger partial charge in [0.25, 0.3) is 5.91 Å². The van der Waals surface area contributed by atoms with Gasteiger partial charge in [-0.15, -0.1) is 0 Å². The molecule has 1 saturated heterocycles. The molecule has 0 unspecified atom stereocenters. The Morgan fingerprint density at radius 1 is 1.12 bits per heavy atom. The minimum Gasteiger partial charge on any atom is -0.495 e. The van der Waals surface area contributed by atoms with Gasteiger partial charge >= 0.3 is 0 Å². The molecule has 0 spiro atoms. The van der Waals surface area contributed by atoms with Crippen LogP contribution in [0.4, 0.5) is 11.4 Å². The average molecular weight is 339 g/mol. The lowest BCUT2D eigenvalue weighted by Crippen LogP contribution is -2.44. The maximum Gasteiger partial charge on any atom is 0.260 e. The van der Waals surface area contributed by atoms with Crippen LogP contribution in [0.5, 0.6) is 5.75 Å². The van der Waals surface area contributed by atoms with E-state index < -0.39 is 0 Å². The molecule has 1 N–H and O–H groups in total. The number of rotatable bonds is 5. The van der Waals surface area contributed by atoms with Gasteiger partial charge in [0.1, 0.15) is 5.75 Å². The van der Waals surface area contributed by atoms with E-state index in [4.69, 9.17) is 4.74 Å². The monoisotopic (exact) mass is 339 g/mol. The van der Waals surface area contributed by atoms with Crippen molar-refractivity contribution >= 4 is 17.3 Å². The predicted molar refractivity (Wildman–Crippen MR) is 102 cm³/mol. The molecule has 1 amide bonds. The van der Waals surface area contributed by atoms with Crippen LogP contribution in [0.2, 0.25) is 0 Å². The lowest BCUT2D eigenvalue weighted by Gasteiger charge is -2.32. The number of nitrogens with one attached hydrogen (secondary N) is 1. The Hall–Kier alpha value is -2.53. The predicted octanol–water partition coefficient (Wildman–Crippen LogP) is 2.77. The van der Waals surface area contributed by atoms with E-state index in [-0.39, 0.29) is 5.91 Å². The van der Waals surface area contributed by atoms with E-state index >= 15 is 0 Å². The van der Waals surface area contributed by atoms with Crippen LogP contribution in [-0.4, -0.2) is 45.7 Å². The maximum absolute atomic E-state index is 13.3. The number of hydrogen-bond donors (Lipinski definition) is 1. The zero-order valence-electron chi connectivity index (χ0n) is 14.9. The molecule has 0 aromatic heterocycles. The molecular formula is C20H25N3O2. The minimum atomic E-state index is 0.00105. The highest BCUT2D eigenvalue weighted by Crippen LogP contribution is 2.30. The van der Waals surface area contributed by atoms with Gasteiger partial charge < -0.3 is 19.9 Å². The van der Waals surface area contributed by atoms with E-state index in [0.717, 1.165) is 43.1 Å². The number of para-hydroxylation sites is 3. The second-order valence-electron chi connectivity index (χ2n) is 5.98. The highest BCUT2D eigenvalue weighted by molar-refractivity contribution is 6.10. The van der Waals surface area contributed by atoms with Crippen LogP contribution in [0.15, 0.2) is 48.5 Å². The molecule has 25 heavy (non-hydrogen) atoms. The third-order valence-corrected chi connectivity index (χ3v) is 4.53. The average Bonchev–Trinajstić information content (AvgIpc) is 2.69. The van der Waals surface area contributed by atoms with Crippen molar-refractivity contribution in [2.75, 3.05) is 49.6 Å². The summed E-state index contributed by atoms with van der Waals surface area (Å²) in [6, 6.07) is 15.5. The second kappa shape index (κ2) is 8.03. The summed E-state index contributed by atoms with van der Waals surface area (Å²) in [5.41, 5.74) is 2.53. The molecular weight excluding hydrogens is 314 g/mol. The largest absolute Gasteiger partial charge is 0.495 e. The van der Waals surface area contributed by atoms with Gasteiger partial charge in [0, 0.05) is 38.4 Å². The highest BCUT2D eigenvalue weighted by Gasteiger charge is 2.24. The van der Waals surface area contributed by atoms with Crippen LogP contribution >= 0.6 is 0 Å². The molecule has 1 fully saturated rings. The van der Waals surface area contributed by atoms with E-state index in [1.54, 1.807) is 12.0 Å². The molecule has 2 aromatic rings. The van der Waals surface area contributed by atoms with Crippen LogP contribution in [0, 0.1) is 0 Å². The number of carbonyl (C=O) groups is 1. The molecule has 0 bridgehead atoms. The Morgan fingerprint density at radius 2 is 1.80 bits per heavy atom. The summed E-state index contributed by atoms with van der Waals surface area (Å²) < 4.78 is 5.45. The van der Waals surface area contributed by atoms with Crippen LogP contribution in [0.1, 0.15) is 17.3 Å². The van der Waals surface area contributed by atoms with Crippen molar-refractivity contribution in [3.8, 4) is 5.75 Å². The van der Waals surface area contributed by atoms with Gasteiger partial charge in [0.15, 0.2) is 0 Å². The summed E-state index contributed by atoms with van der Waals surface area (Å²) in [4.78, 5) is 17.4. The van der Waals surface area contributed by atoms with Gasteiger partial charge in [-0.2, -0.15) is 0 Å². The Morgan fingerprint density at radius 3 is 2.52 bits per heavy atom. The normalized spacial score (nSPS) is 14.2. The van der Waals surface area contributed by atoms with E-state index in [2.05, 4.69) is 10.2 Å². The first kappa shape index (κ1) is 17.3. The molecule has 5 nitrogen and oxygen atoms in total. The molecule has 1 aliphatic heterocycles. The summed E-state index contributed by atoms with van der Waals surface area (Å²) in [5, 5.41) is 3.35. The first-order valence-electron chi connectivity index (χ1n) is 8.75. The SMILES string of the molecule is CCN(C(=O)c1ccccc1N1CCNCC1)c1ccccc1OC. The van der Waals surface area contributed by atoms with Crippen molar-refractivity contribution in [1.82, 2.24) is 5.32 Å². The lowest BCUT2D eigenvalue weighted by molar-refractivity contribution is 0.0988. The zero-order valence-corrected chi connectivity index (χ0v) is 14.9. The van der Waals surface area contributed by atoms with Crippen molar-refractivity contribution in [3.05, 3.63) is 54.1 Å². The fourth-order valence-corrected chi connectivity index (χ4v) is 3.26. The molecule has 0 atom stereocenters. The summed E-state index contributed by atoms with van der Waals surface area (Å²) >= 11 is 0. The number of piperazine rings is 1. The van der Waals surface area contributed by atoms with Gasteiger partial charge in [-0.25, -0.2) is 0 Å². The second-order valence-corrected chi connectivity index (χ2v) is 5.98. The summed E-state index contributed by atoms with van der Waals surface area (Å²) in [6.07, 6.45) is 0. The van der Waals surface area contributed by atoms with Crippen molar-refractivity contribution in [3.63, 3.8) is 0 Å². The van der Waals surface area contributed by atoms with Crippen LogP contribution in [0.25, 0.3) is 0 Å². The molecule has 0 saturated carbocycles. The number of amides is 1. The number of carbonyl (C=O) groups excluding carboxylic acids is 1. The Labute approximate surface area is 149 Å². The Balaban J connectivity index is 1.96. The molecule has 0 radical (unpaired) electrons. The van der Waals surface area contributed by atoms with Crippen LogP contribution in [0.3, 0.4) is 0 Å². The third kappa shape index (κ3) is 3.61. The van der Waals surface area contributed by atoms with Crippen molar-refractivity contribution in [2.24, 2.45) is 0 Å². The van der Waals surface area contributed by atoms with E-state index in [9.17, 15) is 4.79 Å². The molecule has 2 aromatic carbocycles. The maximum atomic E-state index is 13.3. The van der Waals surface area contributed by atoms with Crippen LogP contribution < -0.4 is 19.9 Å². The van der Waals surface area contributed by atoms with Crippen molar-refractivity contribution in [1.29, 1.82) is 0 Å². The van der Waals surface area contributed by atoms with E-state index in [0.29, 0.717) is 12.3 Å². The van der Waals surface area contributed by atoms with Gasteiger partial charge in [0.2, 0.25) is 0 Å². The number of hydrogen-bond acceptors (Lipinski definition) is 4. The number of ether oxygens (including phenoxy) is 1. The molecule has 0 aliphatic carbocycles. The zero-order chi connectivity index (χ0) is 17.6. The molecule has 3 rings (SSSR count). The number of nitrogens with zero attached hydrogens (tertiary/aromatic N) is 2. The minimum absolute atomic E-state index is 0.00105.